The fourth-order valence-corrected chi connectivity index (χ4v) is 3.16. The first-order valence-corrected chi connectivity index (χ1v) is 8.61. The summed E-state index contributed by atoms with van der Waals surface area (Å²) in [7, 11) is 0. The van der Waals surface area contributed by atoms with Crippen molar-refractivity contribution < 1.29 is 13.9 Å². The number of likely N-dealkylation sites (tertiary alicyclic amines) is 1. The fourth-order valence-electron chi connectivity index (χ4n) is 2.94. The van der Waals surface area contributed by atoms with Gasteiger partial charge in [-0.15, -0.1) is 0 Å². The van der Waals surface area contributed by atoms with Crippen LogP contribution in [0, 0.1) is 5.82 Å². The van der Waals surface area contributed by atoms with Gasteiger partial charge in [0.05, 0.1) is 5.02 Å². The number of hydrogen-bond donors (Lipinski definition) is 1. The molecule has 0 aliphatic carbocycles. The van der Waals surface area contributed by atoms with Crippen LogP contribution in [0.4, 0.5) is 4.39 Å². The summed E-state index contributed by atoms with van der Waals surface area (Å²) in [6.07, 6.45) is 0.913. The van der Waals surface area contributed by atoms with Crippen LogP contribution in [0.1, 0.15) is 12.0 Å². The van der Waals surface area contributed by atoms with Gasteiger partial charge in [0.1, 0.15) is 11.6 Å². The van der Waals surface area contributed by atoms with Crippen LogP contribution in [-0.2, 0) is 11.3 Å². The zero-order chi connectivity index (χ0) is 17.6. The van der Waals surface area contributed by atoms with Crippen molar-refractivity contribution in [2.75, 3.05) is 19.7 Å². The third-order valence-corrected chi connectivity index (χ3v) is 4.43. The lowest BCUT2D eigenvalue weighted by atomic mass is 10.2. The van der Waals surface area contributed by atoms with Crippen molar-refractivity contribution in [1.29, 1.82) is 0 Å². The minimum atomic E-state index is -0.439. The molecule has 0 bridgehead atoms. The van der Waals surface area contributed by atoms with E-state index in [1.807, 2.05) is 18.2 Å². The third-order valence-electron chi connectivity index (χ3n) is 4.14. The number of benzene rings is 2. The maximum atomic E-state index is 13.0. The molecule has 132 valence electrons. The maximum Gasteiger partial charge on any atom is 0.258 e. The van der Waals surface area contributed by atoms with Crippen molar-refractivity contribution in [2.24, 2.45) is 0 Å². The smallest absolute Gasteiger partial charge is 0.258 e. The maximum absolute atomic E-state index is 13.0. The molecule has 0 radical (unpaired) electrons. The molecule has 1 fully saturated rings. The molecule has 1 aliphatic heterocycles. The van der Waals surface area contributed by atoms with Crippen LogP contribution in [-0.4, -0.2) is 36.5 Å². The number of rotatable bonds is 6. The lowest BCUT2D eigenvalue weighted by Gasteiger charge is -2.17. The first-order valence-electron chi connectivity index (χ1n) is 8.23. The highest BCUT2D eigenvalue weighted by Crippen LogP contribution is 2.24. The second-order valence-electron chi connectivity index (χ2n) is 6.14. The van der Waals surface area contributed by atoms with Crippen molar-refractivity contribution in [2.45, 2.75) is 19.0 Å². The van der Waals surface area contributed by atoms with Crippen molar-refractivity contribution in [1.82, 2.24) is 10.2 Å². The number of ether oxygens (including phenoxy) is 1. The topological polar surface area (TPSA) is 41.6 Å². The summed E-state index contributed by atoms with van der Waals surface area (Å²) in [4.78, 5) is 14.4. The number of amides is 1. The first-order chi connectivity index (χ1) is 12.1. The predicted molar refractivity (Wildman–Crippen MR) is 95.2 cm³/mol. The third kappa shape index (κ3) is 5.18. The standard InChI is InChI=1S/C19H20ClFN2O2/c20-17-10-15(21)6-7-18(17)25-13-19(24)22-16-8-9-23(12-16)11-14-4-2-1-3-5-14/h1-7,10,16H,8-9,11-13H2,(H,22,24)/t16-/m1/s1. The normalized spacial score (nSPS) is 17.4. The van der Waals surface area contributed by atoms with Crippen LogP contribution < -0.4 is 10.1 Å². The molecule has 0 aromatic heterocycles. The molecule has 0 saturated carbocycles. The summed E-state index contributed by atoms with van der Waals surface area (Å²) in [6.45, 7) is 2.51. The number of carbonyl (C=O) groups excluding carboxylic acids is 1. The van der Waals surface area contributed by atoms with Gasteiger partial charge in [-0.3, -0.25) is 9.69 Å². The number of nitrogens with one attached hydrogen (secondary N) is 1. The Balaban J connectivity index is 1.43. The first kappa shape index (κ1) is 17.7. The van der Waals surface area contributed by atoms with E-state index in [1.54, 1.807) is 0 Å². The molecule has 1 amide bonds. The number of carbonyl (C=O) groups is 1. The summed E-state index contributed by atoms with van der Waals surface area (Å²) in [5.74, 6) is -0.339. The molecule has 2 aromatic rings. The van der Waals surface area contributed by atoms with E-state index in [0.29, 0.717) is 5.75 Å². The Morgan fingerprint density at radius 1 is 1.28 bits per heavy atom. The van der Waals surface area contributed by atoms with Crippen molar-refractivity contribution >= 4 is 17.5 Å². The average Bonchev–Trinajstić information content (AvgIpc) is 3.02. The van der Waals surface area contributed by atoms with Gasteiger partial charge in [0.25, 0.3) is 5.91 Å². The SMILES string of the molecule is O=C(COc1ccc(F)cc1Cl)N[C@@H]1CCN(Cc2ccccc2)C1. The molecule has 1 N–H and O–H groups in total. The molecule has 0 unspecified atom stereocenters. The van der Waals surface area contributed by atoms with Crippen molar-refractivity contribution in [3.63, 3.8) is 0 Å². The van der Waals surface area contributed by atoms with Crippen LogP contribution in [0.15, 0.2) is 48.5 Å². The molecule has 25 heavy (non-hydrogen) atoms. The van der Waals surface area contributed by atoms with E-state index in [4.69, 9.17) is 16.3 Å². The van der Waals surface area contributed by atoms with Crippen molar-refractivity contribution in [3.05, 3.63) is 64.9 Å². The van der Waals surface area contributed by atoms with E-state index in [-0.39, 0.29) is 23.6 Å². The summed E-state index contributed by atoms with van der Waals surface area (Å²) < 4.78 is 18.3. The van der Waals surface area contributed by atoms with Gasteiger partial charge in [-0.05, 0) is 30.2 Å². The molecular weight excluding hydrogens is 343 g/mol. The Morgan fingerprint density at radius 3 is 2.84 bits per heavy atom. The Hall–Kier alpha value is -2.11. The Labute approximate surface area is 151 Å². The largest absolute Gasteiger partial charge is 0.482 e. The van der Waals surface area contributed by atoms with Crippen LogP contribution in [0.3, 0.4) is 0 Å². The number of nitrogens with zero attached hydrogens (tertiary/aromatic N) is 1. The Kier molecular flexibility index (Phi) is 5.89. The van der Waals surface area contributed by atoms with Crippen LogP contribution >= 0.6 is 11.6 Å². The van der Waals surface area contributed by atoms with Crippen LogP contribution in [0.2, 0.25) is 5.02 Å². The average molecular weight is 363 g/mol. The van der Waals surface area contributed by atoms with Gasteiger partial charge in [-0.1, -0.05) is 41.9 Å². The summed E-state index contributed by atoms with van der Waals surface area (Å²) in [6, 6.07) is 14.2. The molecule has 4 nitrogen and oxygen atoms in total. The number of hydrogen-bond acceptors (Lipinski definition) is 3. The van der Waals surface area contributed by atoms with Gasteiger partial charge in [0, 0.05) is 25.7 Å². The zero-order valence-electron chi connectivity index (χ0n) is 13.8. The van der Waals surface area contributed by atoms with Gasteiger partial charge in [0.2, 0.25) is 0 Å². The lowest BCUT2D eigenvalue weighted by molar-refractivity contribution is -0.123. The quantitative estimate of drug-likeness (QED) is 0.857. The molecule has 1 atom stereocenters. The highest BCUT2D eigenvalue weighted by Gasteiger charge is 2.23. The van der Waals surface area contributed by atoms with E-state index in [9.17, 15) is 9.18 Å². The predicted octanol–water partition coefficient (Wildman–Crippen LogP) is 3.25. The minimum Gasteiger partial charge on any atom is -0.482 e. The van der Waals surface area contributed by atoms with E-state index in [0.717, 1.165) is 32.1 Å². The summed E-state index contributed by atoms with van der Waals surface area (Å²) in [5, 5.41) is 3.13. The summed E-state index contributed by atoms with van der Waals surface area (Å²) in [5.41, 5.74) is 1.27. The van der Waals surface area contributed by atoms with Crippen LogP contribution in [0.5, 0.6) is 5.75 Å². The molecule has 1 aliphatic rings. The van der Waals surface area contributed by atoms with E-state index >= 15 is 0 Å². The van der Waals surface area contributed by atoms with Gasteiger partial charge < -0.3 is 10.1 Å². The highest BCUT2D eigenvalue weighted by molar-refractivity contribution is 6.32. The molecular formula is C19H20ClFN2O2. The Morgan fingerprint density at radius 2 is 2.08 bits per heavy atom. The monoisotopic (exact) mass is 362 g/mol. The second kappa shape index (κ2) is 8.32. The highest BCUT2D eigenvalue weighted by atomic mass is 35.5. The molecule has 6 heteroatoms. The van der Waals surface area contributed by atoms with Gasteiger partial charge >= 0.3 is 0 Å². The Bertz CT molecular complexity index is 727. The van der Waals surface area contributed by atoms with E-state index in [1.165, 1.54) is 17.7 Å². The van der Waals surface area contributed by atoms with E-state index in [2.05, 4.69) is 22.3 Å². The van der Waals surface area contributed by atoms with Gasteiger partial charge in [0.15, 0.2) is 6.61 Å². The van der Waals surface area contributed by atoms with E-state index < -0.39 is 5.82 Å². The van der Waals surface area contributed by atoms with Gasteiger partial charge in [-0.2, -0.15) is 0 Å². The molecule has 3 rings (SSSR count). The molecule has 2 aromatic carbocycles. The summed E-state index contributed by atoms with van der Waals surface area (Å²) >= 11 is 5.88. The van der Waals surface area contributed by atoms with Gasteiger partial charge in [-0.25, -0.2) is 4.39 Å². The molecule has 1 heterocycles. The molecule has 0 spiro atoms. The van der Waals surface area contributed by atoms with Crippen LogP contribution in [0.25, 0.3) is 0 Å². The molecule has 1 saturated heterocycles. The van der Waals surface area contributed by atoms with Crippen molar-refractivity contribution in [3.8, 4) is 5.75 Å². The fraction of sp³-hybridized carbons (Fsp3) is 0.316. The minimum absolute atomic E-state index is 0.114. The lowest BCUT2D eigenvalue weighted by Crippen LogP contribution is -2.39. The number of halogens is 2. The second-order valence-corrected chi connectivity index (χ2v) is 6.54. The zero-order valence-corrected chi connectivity index (χ0v) is 14.5.